The van der Waals surface area contributed by atoms with Crippen LogP contribution in [0.25, 0.3) is 6.08 Å². The number of carbonyl (C=O) groups is 1. The van der Waals surface area contributed by atoms with Crippen molar-refractivity contribution in [3.8, 4) is 17.6 Å². The molecule has 0 aromatic heterocycles. The molecule has 1 amide bonds. The smallest absolute Gasteiger partial charge is 0.264 e. The summed E-state index contributed by atoms with van der Waals surface area (Å²) in [6.45, 7) is 5.14. The number of amides is 1. The van der Waals surface area contributed by atoms with Gasteiger partial charge in [0.2, 0.25) is 0 Å². The number of para-hydroxylation sites is 1. The lowest BCUT2D eigenvalue weighted by Crippen LogP contribution is -2.49. The van der Waals surface area contributed by atoms with Crippen LogP contribution < -0.4 is 14.4 Å². The number of carbonyl (C=O) groups excluding carboxylic acids is 1. The van der Waals surface area contributed by atoms with E-state index in [1.165, 1.54) is 0 Å². The number of anilines is 1. The van der Waals surface area contributed by atoms with Crippen LogP contribution in [0.2, 0.25) is 10.0 Å². The molecule has 0 bridgehead atoms. The Hall–Kier alpha value is -3.66. The number of halogens is 2. The molecule has 0 spiro atoms. The third kappa shape index (κ3) is 6.76. The molecule has 8 heteroatoms. The lowest BCUT2D eigenvalue weighted by Gasteiger charge is -2.36. The van der Waals surface area contributed by atoms with Gasteiger partial charge in [-0.15, -0.1) is 0 Å². The number of hydrogen-bond acceptors (Lipinski definition) is 5. The Labute approximate surface area is 227 Å². The van der Waals surface area contributed by atoms with Gasteiger partial charge in [-0.1, -0.05) is 53.5 Å². The summed E-state index contributed by atoms with van der Waals surface area (Å²) < 4.78 is 11.7. The van der Waals surface area contributed by atoms with Crippen molar-refractivity contribution in [1.29, 1.82) is 5.26 Å². The predicted molar refractivity (Wildman–Crippen MR) is 147 cm³/mol. The molecule has 190 valence electrons. The normalized spacial score (nSPS) is 13.7. The Bertz CT molecular complexity index is 1310. The van der Waals surface area contributed by atoms with Gasteiger partial charge in [0.15, 0.2) is 11.5 Å². The van der Waals surface area contributed by atoms with E-state index < -0.39 is 0 Å². The highest BCUT2D eigenvalue weighted by molar-refractivity contribution is 6.42. The molecule has 0 N–H and O–H groups in total. The molecular weight excluding hydrogens is 509 g/mol. The lowest BCUT2D eigenvalue weighted by molar-refractivity contribution is -0.126. The summed E-state index contributed by atoms with van der Waals surface area (Å²) in [5, 5.41) is 10.7. The second-order valence-electron chi connectivity index (χ2n) is 8.46. The highest BCUT2D eigenvalue weighted by Crippen LogP contribution is 2.31. The van der Waals surface area contributed by atoms with Crippen molar-refractivity contribution in [3.63, 3.8) is 0 Å². The van der Waals surface area contributed by atoms with Gasteiger partial charge in [0.25, 0.3) is 5.91 Å². The number of nitriles is 1. The molecule has 1 aliphatic heterocycles. The quantitative estimate of drug-likeness (QED) is 0.252. The number of nitrogens with zero attached hydrogens (tertiary/aromatic N) is 3. The van der Waals surface area contributed by atoms with Crippen LogP contribution in [0.3, 0.4) is 0 Å². The zero-order chi connectivity index (χ0) is 26.2. The number of benzene rings is 3. The van der Waals surface area contributed by atoms with Gasteiger partial charge < -0.3 is 19.3 Å². The van der Waals surface area contributed by atoms with E-state index in [4.69, 9.17) is 32.7 Å². The van der Waals surface area contributed by atoms with Crippen LogP contribution in [0, 0.1) is 11.3 Å². The summed E-state index contributed by atoms with van der Waals surface area (Å²) in [5.41, 5.74) is 2.76. The Balaban J connectivity index is 1.44. The Kier molecular flexibility index (Phi) is 8.95. The van der Waals surface area contributed by atoms with Crippen LogP contribution in [0.15, 0.2) is 72.3 Å². The van der Waals surface area contributed by atoms with Gasteiger partial charge in [0.1, 0.15) is 18.2 Å². The van der Waals surface area contributed by atoms with E-state index >= 15 is 0 Å². The van der Waals surface area contributed by atoms with E-state index in [9.17, 15) is 10.1 Å². The van der Waals surface area contributed by atoms with Gasteiger partial charge in [-0.2, -0.15) is 5.26 Å². The molecule has 1 heterocycles. The van der Waals surface area contributed by atoms with E-state index in [-0.39, 0.29) is 18.1 Å². The van der Waals surface area contributed by atoms with Crippen molar-refractivity contribution in [2.45, 2.75) is 13.5 Å². The summed E-state index contributed by atoms with van der Waals surface area (Å²) in [6.07, 6.45) is 1.59. The van der Waals surface area contributed by atoms with Gasteiger partial charge >= 0.3 is 0 Å². The van der Waals surface area contributed by atoms with E-state index in [2.05, 4.69) is 23.1 Å². The fraction of sp³-hybridized carbons (Fsp3) is 0.241. The summed E-state index contributed by atoms with van der Waals surface area (Å²) in [5.74, 6) is 0.803. The van der Waals surface area contributed by atoms with Crippen molar-refractivity contribution in [2.75, 3.05) is 37.7 Å². The fourth-order valence-electron chi connectivity index (χ4n) is 4.08. The van der Waals surface area contributed by atoms with Crippen LogP contribution >= 0.6 is 23.2 Å². The number of rotatable bonds is 8. The van der Waals surface area contributed by atoms with Crippen molar-refractivity contribution in [3.05, 3.63) is 93.5 Å². The maximum atomic E-state index is 13.1. The second-order valence-corrected chi connectivity index (χ2v) is 9.28. The molecule has 6 nitrogen and oxygen atoms in total. The fourth-order valence-corrected chi connectivity index (χ4v) is 4.40. The molecule has 1 saturated heterocycles. The van der Waals surface area contributed by atoms with Crippen molar-refractivity contribution < 1.29 is 14.3 Å². The first-order valence-corrected chi connectivity index (χ1v) is 12.8. The largest absolute Gasteiger partial charge is 0.490 e. The van der Waals surface area contributed by atoms with Crippen molar-refractivity contribution in [1.82, 2.24) is 4.90 Å². The maximum Gasteiger partial charge on any atom is 0.264 e. The average molecular weight is 536 g/mol. The number of piperazine rings is 1. The molecule has 0 aliphatic carbocycles. The van der Waals surface area contributed by atoms with Crippen molar-refractivity contribution in [2.24, 2.45) is 0 Å². The SMILES string of the molecule is CCOc1cc(/C=C(/C#N)C(=O)N2CCN(c3ccccc3)CC2)ccc1OCc1ccc(Cl)c(Cl)c1. The third-order valence-corrected chi connectivity index (χ3v) is 6.74. The molecule has 0 radical (unpaired) electrons. The predicted octanol–water partition coefficient (Wildman–Crippen LogP) is 6.23. The molecule has 1 fully saturated rings. The lowest BCUT2D eigenvalue weighted by atomic mass is 10.1. The minimum absolute atomic E-state index is 0.0834. The Morgan fingerprint density at radius 1 is 0.946 bits per heavy atom. The van der Waals surface area contributed by atoms with Gasteiger partial charge in [0, 0.05) is 31.9 Å². The Morgan fingerprint density at radius 3 is 2.38 bits per heavy atom. The van der Waals surface area contributed by atoms with Gasteiger partial charge in [0.05, 0.1) is 16.7 Å². The maximum absolute atomic E-state index is 13.1. The highest BCUT2D eigenvalue weighted by Gasteiger charge is 2.24. The van der Waals surface area contributed by atoms with Crippen molar-refractivity contribution >= 4 is 40.9 Å². The van der Waals surface area contributed by atoms with Crippen LogP contribution in [0.4, 0.5) is 5.69 Å². The molecular formula is C29H27Cl2N3O3. The first-order chi connectivity index (χ1) is 18.0. The highest BCUT2D eigenvalue weighted by atomic mass is 35.5. The topological polar surface area (TPSA) is 65.8 Å². The van der Waals surface area contributed by atoms with E-state index in [0.717, 1.165) is 11.3 Å². The van der Waals surface area contributed by atoms with Crippen LogP contribution in [0.5, 0.6) is 11.5 Å². The molecule has 37 heavy (non-hydrogen) atoms. The average Bonchev–Trinajstić information content (AvgIpc) is 2.93. The van der Waals surface area contributed by atoms with E-state index in [1.807, 2.05) is 31.2 Å². The minimum atomic E-state index is -0.270. The Morgan fingerprint density at radius 2 is 1.70 bits per heavy atom. The monoisotopic (exact) mass is 535 g/mol. The molecule has 3 aromatic rings. The zero-order valence-electron chi connectivity index (χ0n) is 20.5. The molecule has 3 aromatic carbocycles. The summed E-state index contributed by atoms with van der Waals surface area (Å²) in [4.78, 5) is 17.1. The molecule has 0 unspecified atom stereocenters. The van der Waals surface area contributed by atoms with Gasteiger partial charge in [-0.3, -0.25) is 4.79 Å². The number of hydrogen-bond donors (Lipinski definition) is 0. The van der Waals surface area contributed by atoms with E-state index in [0.29, 0.717) is 59.9 Å². The molecule has 0 saturated carbocycles. The summed E-state index contributed by atoms with van der Waals surface area (Å²) in [7, 11) is 0. The number of ether oxygens (including phenoxy) is 2. The minimum Gasteiger partial charge on any atom is -0.490 e. The third-order valence-electron chi connectivity index (χ3n) is 6.00. The first kappa shape index (κ1) is 26.4. The molecule has 1 aliphatic rings. The first-order valence-electron chi connectivity index (χ1n) is 12.0. The zero-order valence-corrected chi connectivity index (χ0v) is 22.0. The molecule has 4 rings (SSSR count). The van der Waals surface area contributed by atoms with Crippen LogP contribution in [-0.2, 0) is 11.4 Å². The standard InChI is InChI=1S/C29H27Cl2N3O3/c1-2-36-28-18-21(9-11-27(28)37-20-22-8-10-25(30)26(31)17-22)16-23(19-32)29(35)34-14-12-33(13-15-34)24-6-4-3-5-7-24/h3-11,16-18H,2,12-15,20H2,1H3/b23-16-. The van der Waals surface area contributed by atoms with Crippen LogP contribution in [-0.4, -0.2) is 43.6 Å². The van der Waals surface area contributed by atoms with Crippen LogP contribution in [0.1, 0.15) is 18.1 Å². The van der Waals surface area contributed by atoms with Gasteiger partial charge in [-0.05, 0) is 60.5 Å². The summed E-state index contributed by atoms with van der Waals surface area (Å²) >= 11 is 12.1. The summed E-state index contributed by atoms with van der Waals surface area (Å²) in [6, 6.07) is 22.8. The van der Waals surface area contributed by atoms with E-state index in [1.54, 1.807) is 41.3 Å². The molecule has 0 atom stereocenters. The van der Waals surface area contributed by atoms with Gasteiger partial charge in [-0.25, -0.2) is 0 Å². The second kappa shape index (κ2) is 12.5.